The first-order chi connectivity index (χ1) is 9.71. The Kier molecular flexibility index (Phi) is 8.54. The molecule has 0 aliphatic carbocycles. The SMILES string of the molecule is CCCNC(CC)CCCS(=O)c1cccc(OC)c1. The molecular formula is C16H27NO2S. The van der Waals surface area contributed by atoms with Gasteiger partial charge >= 0.3 is 0 Å². The molecule has 0 aromatic heterocycles. The van der Waals surface area contributed by atoms with E-state index in [1.165, 1.54) is 0 Å². The van der Waals surface area contributed by atoms with E-state index in [9.17, 15) is 4.21 Å². The van der Waals surface area contributed by atoms with Crippen LogP contribution in [0.5, 0.6) is 5.75 Å². The van der Waals surface area contributed by atoms with Crippen molar-refractivity contribution in [1.29, 1.82) is 0 Å². The first-order valence-corrected chi connectivity index (χ1v) is 8.79. The summed E-state index contributed by atoms with van der Waals surface area (Å²) in [4.78, 5) is 0.860. The molecule has 0 spiro atoms. The fourth-order valence-corrected chi connectivity index (χ4v) is 3.26. The van der Waals surface area contributed by atoms with E-state index in [1.54, 1.807) is 7.11 Å². The summed E-state index contributed by atoms with van der Waals surface area (Å²) in [6, 6.07) is 8.09. The molecule has 1 aromatic carbocycles. The first kappa shape index (κ1) is 17.2. The molecule has 0 radical (unpaired) electrons. The quantitative estimate of drug-likeness (QED) is 0.719. The predicted molar refractivity (Wildman–Crippen MR) is 85.9 cm³/mol. The second kappa shape index (κ2) is 9.94. The Bertz CT molecular complexity index is 409. The van der Waals surface area contributed by atoms with Crippen LogP contribution in [-0.2, 0) is 10.8 Å². The Morgan fingerprint density at radius 2 is 2.15 bits per heavy atom. The molecule has 1 N–H and O–H groups in total. The van der Waals surface area contributed by atoms with Crippen LogP contribution in [-0.4, -0.2) is 29.7 Å². The van der Waals surface area contributed by atoms with Crippen molar-refractivity contribution in [1.82, 2.24) is 5.32 Å². The van der Waals surface area contributed by atoms with E-state index in [4.69, 9.17) is 4.74 Å². The van der Waals surface area contributed by atoms with Crippen molar-refractivity contribution in [2.45, 2.75) is 50.5 Å². The predicted octanol–water partition coefficient (Wildman–Crippen LogP) is 3.36. The number of hydrogen-bond acceptors (Lipinski definition) is 3. The molecular weight excluding hydrogens is 270 g/mol. The molecule has 0 bridgehead atoms. The molecule has 20 heavy (non-hydrogen) atoms. The molecule has 0 fully saturated rings. The molecule has 1 rings (SSSR count). The van der Waals surface area contributed by atoms with Gasteiger partial charge in [-0.25, -0.2) is 0 Å². The van der Waals surface area contributed by atoms with Crippen molar-refractivity contribution in [3.05, 3.63) is 24.3 Å². The molecule has 0 saturated heterocycles. The molecule has 0 heterocycles. The van der Waals surface area contributed by atoms with E-state index in [2.05, 4.69) is 19.2 Å². The summed E-state index contributed by atoms with van der Waals surface area (Å²) < 4.78 is 17.4. The van der Waals surface area contributed by atoms with Gasteiger partial charge in [-0.15, -0.1) is 0 Å². The third kappa shape index (κ3) is 6.06. The molecule has 2 atom stereocenters. The second-order valence-corrected chi connectivity index (χ2v) is 6.50. The normalized spacial score (nSPS) is 13.9. The number of nitrogens with one attached hydrogen (secondary N) is 1. The minimum absolute atomic E-state index is 0.553. The summed E-state index contributed by atoms with van der Waals surface area (Å²) in [7, 11) is 0.705. The monoisotopic (exact) mass is 297 g/mol. The standard InChI is InChI=1S/C16H27NO2S/c1-4-11-17-14(5-2)8-7-12-20(18)16-10-6-9-15(13-16)19-3/h6,9-10,13-14,17H,4-5,7-8,11-12H2,1-3H3. The number of ether oxygens (including phenoxy) is 1. The summed E-state index contributed by atoms with van der Waals surface area (Å²) >= 11 is 0. The minimum Gasteiger partial charge on any atom is -0.497 e. The van der Waals surface area contributed by atoms with E-state index in [0.717, 1.165) is 48.6 Å². The maximum Gasteiger partial charge on any atom is 0.120 e. The van der Waals surface area contributed by atoms with Crippen LogP contribution in [0.15, 0.2) is 29.2 Å². The summed E-state index contributed by atoms with van der Waals surface area (Å²) in [6.45, 7) is 5.45. The molecule has 2 unspecified atom stereocenters. The average molecular weight is 297 g/mol. The van der Waals surface area contributed by atoms with Crippen molar-refractivity contribution in [2.75, 3.05) is 19.4 Å². The number of hydrogen-bond donors (Lipinski definition) is 1. The van der Waals surface area contributed by atoms with Gasteiger partial charge in [-0.2, -0.15) is 0 Å². The van der Waals surface area contributed by atoms with Crippen LogP contribution < -0.4 is 10.1 Å². The van der Waals surface area contributed by atoms with Crippen LogP contribution in [0.2, 0.25) is 0 Å². The highest BCUT2D eigenvalue weighted by Gasteiger charge is 2.08. The van der Waals surface area contributed by atoms with Gasteiger partial charge in [-0.3, -0.25) is 4.21 Å². The summed E-state index contributed by atoms with van der Waals surface area (Å²) in [6.07, 6.45) is 4.36. The van der Waals surface area contributed by atoms with Gasteiger partial charge in [-0.1, -0.05) is 19.9 Å². The van der Waals surface area contributed by atoms with Gasteiger partial charge in [0.15, 0.2) is 0 Å². The lowest BCUT2D eigenvalue weighted by Crippen LogP contribution is -2.29. The fourth-order valence-electron chi connectivity index (χ4n) is 2.12. The van der Waals surface area contributed by atoms with Crippen LogP contribution in [0.4, 0.5) is 0 Å². The Hall–Kier alpha value is -0.870. The van der Waals surface area contributed by atoms with Crippen LogP contribution in [0.25, 0.3) is 0 Å². The van der Waals surface area contributed by atoms with Crippen LogP contribution in [0.3, 0.4) is 0 Å². The molecule has 4 heteroatoms. The number of benzene rings is 1. The van der Waals surface area contributed by atoms with Crippen molar-refractivity contribution >= 4 is 10.8 Å². The van der Waals surface area contributed by atoms with Crippen LogP contribution >= 0.6 is 0 Å². The van der Waals surface area contributed by atoms with Gasteiger partial charge in [-0.05, 0) is 50.4 Å². The molecule has 114 valence electrons. The summed E-state index contributed by atoms with van der Waals surface area (Å²) in [5.74, 6) is 1.49. The Labute approximate surface area is 125 Å². The van der Waals surface area contributed by atoms with Crippen molar-refractivity contribution in [3.63, 3.8) is 0 Å². The number of methoxy groups -OCH3 is 1. The highest BCUT2D eigenvalue weighted by Crippen LogP contribution is 2.16. The van der Waals surface area contributed by atoms with Crippen LogP contribution in [0, 0.1) is 0 Å². The highest BCUT2D eigenvalue weighted by molar-refractivity contribution is 7.85. The lowest BCUT2D eigenvalue weighted by Gasteiger charge is -2.16. The van der Waals surface area contributed by atoms with Gasteiger partial charge in [0, 0.05) is 16.7 Å². The molecule has 3 nitrogen and oxygen atoms in total. The zero-order valence-corrected chi connectivity index (χ0v) is 13.7. The molecule has 0 aliphatic rings. The smallest absolute Gasteiger partial charge is 0.120 e. The maximum absolute atomic E-state index is 12.2. The van der Waals surface area contributed by atoms with E-state index < -0.39 is 10.8 Å². The zero-order valence-electron chi connectivity index (χ0n) is 12.9. The third-order valence-corrected chi connectivity index (χ3v) is 4.80. The minimum atomic E-state index is -0.927. The summed E-state index contributed by atoms with van der Waals surface area (Å²) in [5.41, 5.74) is 0. The third-order valence-electron chi connectivity index (χ3n) is 3.36. The summed E-state index contributed by atoms with van der Waals surface area (Å²) in [5, 5.41) is 3.53. The molecule has 0 aliphatic heterocycles. The Morgan fingerprint density at radius 1 is 1.35 bits per heavy atom. The first-order valence-electron chi connectivity index (χ1n) is 7.47. The van der Waals surface area contributed by atoms with E-state index in [1.807, 2.05) is 24.3 Å². The lowest BCUT2D eigenvalue weighted by atomic mass is 10.1. The molecule has 0 amide bonds. The maximum atomic E-state index is 12.2. The van der Waals surface area contributed by atoms with Crippen molar-refractivity contribution in [2.24, 2.45) is 0 Å². The number of rotatable bonds is 10. The topological polar surface area (TPSA) is 38.3 Å². The largest absolute Gasteiger partial charge is 0.497 e. The average Bonchev–Trinajstić information content (AvgIpc) is 2.50. The zero-order chi connectivity index (χ0) is 14.8. The van der Waals surface area contributed by atoms with Gasteiger partial charge in [0.05, 0.1) is 17.9 Å². The van der Waals surface area contributed by atoms with Gasteiger partial charge in [0.1, 0.15) is 5.75 Å². The highest BCUT2D eigenvalue weighted by atomic mass is 32.2. The Morgan fingerprint density at radius 3 is 2.80 bits per heavy atom. The van der Waals surface area contributed by atoms with Crippen molar-refractivity contribution < 1.29 is 8.95 Å². The lowest BCUT2D eigenvalue weighted by molar-refractivity contribution is 0.413. The van der Waals surface area contributed by atoms with Gasteiger partial charge < -0.3 is 10.1 Å². The Balaban J connectivity index is 2.38. The second-order valence-electron chi connectivity index (χ2n) is 4.93. The van der Waals surface area contributed by atoms with Gasteiger partial charge in [0.2, 0.25) is 0 Å². The van der Waals surface area contributed by atoms with Crippen LogP contribution in [0.1, 0.15) is 39.5 Å². The van der Waals surface area contributed by atoms with Gasteiger partial charge in [0.25, 0.3) is 0 Å². The van der Waals surface area contributed by atoms with E-state index >= 15 is 0 Å². The van der Waals surface area contributed by atoms with E-state index in [0.29, 0.717) is 6.04 Å². The molecule has 0 saturated carbocycles. The van der Waals surface area contributed by atoms with E-state index in [-0.39, 0.29) is 0 Å². The molecule has 1 aromatic rings. The van der Waals surface area contributed by atoms with Crippen molar-refractivity contribution in [3.8, 4) is 5.75 Å². The fraction of sp³-hybridized carbons (Fsp3) is 0.625.